The fourth-order valence-electron chi connectivity index (χ4n) is 2.62. The molecule has 2 amide bonds. The number of fused-ring (bicyclic) bond motifs is 2. The maximum atomic E-state index is 13.3. The van der Waals surface area contributed by atoms with E-state index in [1.165, 1.54) is 6.07 Å². The van der Waals surface area contributed by atoms with E-state index in [0.717, 1.165) is 17.0 Å². The van der Waals surface area contributed by atoms with Crippen LogP contribution < -0.4 is 14.4 Å². The lowest BCUT2D eigenvalue weighted by Crippen LogP contribution is -2.29. The Morgan fingerprint density at radius 1 is 0.864 bits per heavy atom. The summed E-state index contributed by atoms with van der Waals surface area (Å²) in [5.74, 6) is -0.527. The van der Waals surface area contributed by atoms with Gasteiger partial charge in [0.15, 0.2) is 11.5 Å². The first-order valence-electron chi connectivity index (χ1n) is 6.73. The topological polar surface area (TPSA) is 55.8 Å². The van der Waals surface area contributed by atoms with E-state index in [1.54, 1.807) is 18.2 Å². The number of hydrogen-bond donors (Lipinski definition) is 0. The van der Waals surface area contributed by atoms with Gasteiger partial charge in [0.1, 0.15) is 19.0 Å². The lowest BCUT2D eigenvalue weighted by molar-refractivity contribution is 0.0926. The number of nitrogens with zero attached hydrogens (tertiary/aromatic N) is 1. The molecular formula is C16H10FNO4. The van der Waals surface area contributed by atoms with E-state index >= 15 is 0 Å². The average Bonchev–Trinajstić information content (AvgIpc) is 2.78. The Hall–Kier alpha value is -2.89. The van der Waals surface area contributed by atoms with Gasteiger partial charge in [0.05, 0.1) is 16.8 Å². The van der Waals surface area contributed by atoms with E-state index in [-0.39, 0.29) is 11.1 Å². The Morgan fingerprint density at radius 2 is 1.59 bits per heavy atom. The molecule has 0 fully saturated rings. The molecule has 0 atom stereocenters. The molecule has 5 nitrogen and oxygen atoms in total. The number of ether oxygens (including phenoxy) is 2. The maximum Gasteiger partial charge on any atom is 0.266 e. The second-order valence-electron chi connectivity index (χ2n) is 4.96. The second-order valence-corrected chi connectivity index (χ2v) is 4.96. The third-order valence-corrected chi connectivity index (χ3v) is 3.63. The molecule has 6 heteroatoms. The van der Waals surface area contributed by atoms with Gasteiger partial charge in [0, 0.05) is 6.07 Å². The predicted octanol–water partition coefficient (Wildman–Crippen LogP) is 2.40. The van der Waals surface area contributed by atoms with Gasteiger partial charge in [0.2, 0.25) is 0 Å². The van der Waals surface area contributed by atoms with Crippen LogP contribution >= 0.6 is 0 Å². The maximum absolute atomic E-state index is 13.3. The predicted molar refractivity (Wildman–Crippen MR) is 75.0 cm³/mol. The third-order valence-electron chi connectivity index (χ3n) is 3.63. The molecule has 0 aromatic heterocycles. The SMILES string of the molecule is O=C1c2ccc(F)cc2C(=O)N1c1ccc2c(c1)OCCO2. The fraction of sp³-hybridized carbons (Fsp3) is 0.125. The van der Waals surface area contributed by atoms with Gasteiger partial charge in [-0.15, -0.1) is 0 Å². The zero-order valence-electron chi connectivity index (χ0n) is 11.3. The summed E-state index contributed by atoms with van der Waals surface area (Å²) in [4.78, 5) is 25.8. The molecule has 0 spiro atoms. The van der Waals surface area contributed by atoms with Gasteiger partial charge in [-0.3, -0.25) is 9.59 Å². The molecule has 0 unspecified atom stereocenters. The van der Waals surface area contributed by atoms with Gasteiger partial charge >= 0.3 is 0 Å². The average molecular weight is 299 g/mol. The Balaban J connectivity index is 1.78. The summed E-state index contributed by atoms with van der Waals surface area (Å²) in [7, 11) is 0. The van der Waals surface area contributed by atoms with Gasteiger partial charge in [-0.25, -0.2) is 9.29 Å². The lowest BCUT2D eigenvalue weighted by Gasteiger charge is -2.21. The zero-order valence-corrected chi connectivity index (χ0v) is 11.3. The summed E-state index contributed by atoms with van der Waals surface area (Å²) in [6.07, 6.45) is 0. The van der Waals surface area contributed by atoms with Gasteiger partial charge in [0.25, 0.3) is 11.8 Å². The molecule has 0 N–H and O–H groups in total. The van der Waals surface area contributed by atoms with E-state index in [2.05, 4.69) is 0 Å². The van der Waals surface area contributed by atoms with Crippen LogP contribution in [-0.4, -0.2) is 25.0 Å². The highest BCUT2D eigenvalue weighted by molar-refractivity contribution is 6.34. The van der Waals surface area contributed by atoms with Crippen LogP contribution in [0.5, 0.6) is 11.5 Å². The van der Waals surface area contributed by atoms with Gasteiger partial charge < -0.3 is 9.47 Å². The Labute approximate surface area is 124 Å². The molecule has 0 bridgehead atoms. The number of benzene rings is 2. The number of anilines is 1. The van der Waals surface area contributed by atoms with Gasteiger partial charge in [-0.2, -0.15) is 0 Å². The van der Waals surface area contributed by atoms with Crippen LogP contribution in [0.15, 0.2) is 36.4 Å². The lowest BCUT2D eigenvalue weighted by atomic mass is 10.1. The van der Waals surface area contributed by atoms with Crippen LogP contribution in [0.4, 0.5) is 10.1 Å². The zero-order chi connectivity index (χ0) is 15.3. The van der Waals surface area contributed by atoms with Crippen LogP contribution in [0.1, 0.15) is 20.7 Å². The summed E-state index contributed by atoms with van der Waals surface area (Å²) < 4.78 is 24.2. The molecule has 22 heavy (non-hydrogen) atoms. The molecule has 0 saturated heterocycles. The van der Waals surface area contributed by atoms with Crippen LogP contribution in [0.25, 0.3) is 0 Å². The van der Waals surface area contributed by atoms with E-state index in [0.29, 0.717) is 30.4 Å². The summed E-state index contributed by atoms with van der Waals surface area (Å²) in [5, 5.41) is 0. The number of carbonyl (C=O) groups is 2. The van der Waals surface area contributed by atoms with Crippen molar-refractivity contribution < 1.29 is 23.5 Å². The summed E-state index contributed by atoms with van der Waals surface area (Å²) in [6.45, 7) is 0.864. The molecule has 0 saturated carbocycles. The Bertz CT molecular complexity index is 818. The molecule has 2 heterocycles. The van der Waals surface area contributed by atoms with Crippen LogP contribution in [0, 0.1) is 5.82 Å². The molecule has 0 radical (unpaired) electrons. The number of amides is 2. The van der Waals surface area contributed by atoms with Crippen molar-refractivity contribution in [2.75, 3.05) is 18.1 Å². The number of imide groups is 1. The highest BCUT2D eigenvalue weighted by atomic mass is 19.1. The molecule has 2 aromatic carbocycles. The minimum absolute atomic E-state index is 0.0693. The van der Waals surface area contributed by atoms with Crippen LogP contribution in [0.3, 0.4) is 0 Å². The first-order chi connectivity index (χ1) is 10.6. The van der Waals surface area contributed by atoms with Crippen molar-refractivity contribution in [1.29, 1.82) is 0 Å². The first-order valence-corrected chi connectivity index (χ1v) is 6.73. The third kappa shape index (κ3) is 1.77. The normalized spacial score (nSPS) is 16.0. The highest BCUT2D eigenvalue weighted by Crippen LogP contribution is 2.36. The van der Waals surface area contributed by atoms with Gasteiger partial charge in [-0.1, -0.05) is 0 Å². The molecule has 2 aliphatic rings. The monoisotopic (exact) mass is 299 g/mol. The van der Waals surface area contributed by atoms with Crippen molar-refractivity contribution in [2.45, 2.75) is 0 Å². The van der Waals surface area contributed by atoms with Crippen molar-refractivity contribution in [3.05, 3.63) is 53.3 Å². The number of hydrogen-bond acceptors (Lipinski definition) is 4. The van der Waals surface area contributed by atoms with Crippen molar-refractivity contribution in [1.82, 2.24) is 0 Å². The standard InChI is InChI=1S/C16H10FNO4/c17-9-1-3-11-12(7-9)16(20)18(15(11)19)10-2-4-13-14(8-10)22-6-5-21-13/h1-4,7-8H,5-6H2. The molecule has 2 aromatic rings. The van der Waals surface area contributed by atoms with Crippen molar-refractivity contribution in [2.24, 2.45) is 0 Å². The van der Waals surface area contributed by atoms with Crippen LogP contribution in [-0.2, 0) is 0 Å². The molecule has 0 aliphatic carbocycles. The molecular weight excluding hydrogens is 289 g/mol. The van der Waals surface area contributed by atoms with Gasteiger partial charge in [-0.05, 0) is 30.3 Å². The molecule has 2 aliphatic heterocycles. The van der Waals surface area contributed by atoms with Crippen molar-refractivity contribution >= 4 is 17.5 Å². The number of halogens is 1. The minimum Gasteiger partial charge on any atom is -0.486 e. The van der Waals surface area contributed by atoms with E-state index < -0.39 is 17.6 Å². The van der Waals surface area contributed by atoms with E-state index in [9.17, 15) is 14.0 Å². The van der Waals surface area contributed by atoms with E-state index in [4.69, 9.17) is 9.47 Å². The number of rotatable bonds is 1. The van der Waals surface area contributed by atoms with Crippen LogP contribution in [0.2, 0.25) is 0 Å². The van der Waals surface area contributed by atoms with Crippen molar-refractivity contribution in [3.63, 3.8) is 0 Å². The largest absolute Gasteiger partial charge is 0.486 e. The summed E-state index contributed by atoms with van der Waals surface area (Å²) in [5.41, 5.74) is 0.636. The van der Waals surface area contributed by atoms with Crippen molar-refractivity contribution in [3.8, 4) is 11.5 Å². The quantitative estimate of drug-likeness (QED) is 0.759. The summed E-state index contributed by atoms with van der Waals surface area (Å²) >= 11 is 0. The molecule has 4 rings (SSSR count). The summed E-state index contributed by atoms with van der Waals surface area (Å²) in [6, 6.07) is 8.39. The smallest absolute Gasteiger partial charge is 0.266 e. The fourth-order valence-corrected chi connectivity index (χ4v) is 2.62. The Morgan fingerprint density at radius 3 is 2.41 bits per heavy atom. The number of carbonyl (C=O) groups excluding carboxylic acids is 2. The van der Waals surface area contributed by atoms with E-state index in [1.807, 2.05) is 0 Å². The molecule has 110 valence electrons. The highest BCUT2D eigenvalue weighted by Gasteiger charge is 2.37. The Kier molecular flexibility index (Phi) is 2.66. The second kappa shape index (κ2) is 4.56. The first kappa shape index (κ1) is 12.8. The minimum atomic E-state index is -0.552.